The van der Waals surface area contributed by atoms with Crippen molar-refractivity contribution in [3.8, 4) is 0 Å². The third kappa shape index (κ3) is 3.40. The van der Waals surface area contributed by atoms with Crippen molar-refractivity contribution in [1.82, 2.24) is 5.32 Å². The fourth-order valence-corrected chi connectivity index (χ4v) is 6.76. The summed E-state index contributed by atoms with van der Waals surface area (Å²) in [5.41, 5.74) is 0.397. The van der Waals surface area contributed by atoms with Crippen LogP contribution in [0.3, 0.4) is 0 Å². The van der Waals surface area contributed by atoms with Crippen molar-refractivity contribution < 1.29 is 18.3 Å². The molecule has 1 aliphatic rings. The second-order valence-corrected chi connectivity index (χ2v) is 10.9. The summed E-state index contributed by atoms with van der Waals surface area (Å²) in [5, 5.41) is 13.1. The van der Waals surface area contributed by atoms with Crippen molar-refractivity contribution in [2.24, 2.45) is 0 Å². The topological polar surface area (TPSA) is 83.5 Å². The standard InChI is InChI=1S/C17H14Br3NO4S/c18-11-1-3-14(4-2-11)26(24,25)17(6-5-15(22)21-16(17)23)10-7-12(19)9-13(20)8-10/h1-4,7-9,16,23H,5-6H2,(H,21,22). The summed E-state index contributed by atoms with van der Waals surface area (Å²) in [4.78, 5) is 11.8. The third-order valence-corrected chi connectivity index (χ3v) is 8.38. The van der Waals surface area contributed by atoms with Crippen LogP contribution in [-0.4, -0.2) is 25.7 Å². The molecule has 3 rings (SSSR count). The monoisotopic (exact) mass is 565 g/mol. The van der Waals surface area contributed by atoms with E-state index in [2.05, 4.69) is 53.1 Å². The Kier molecular flexibility index (Phi) is 5.66. The number of carbonyl (C=O) groups excluding carboxylic acids is 1. The zero-order chi connectivity index (χ0) is 19.1. The Hall–Kier alpha value is -0.740. The molecule has 9 heteroatoms. The summed E-state index contributed by atoms with van der Waals surface area (Å²) in [7, 11) is -4.03. The maximum Gasteiger partial charge on any atom is 0.222 e. The summed E-state index contributed by atoms with van der Waals surface area (Å²) in [6.45, 7) is 0. The van der Waals surface area contributed by atoms with Crippen molar-refractivity contribution >= 4 is 63.5 Å². The first-order valence-corrected chi connectivity index (χ1v) is 11.5. The molecular formula is C17H14Br3NO4S. The van der Waals surface area contributed by atoms with Gasteiger partial charge in [-0.2, -0.15) is 0 Å². The van der Waals surface area contributed by atoms with E-state index in [-0.39, 0.29) is 23.6 Å². The van der Waals surface area contributed by atoms with Crippen LogP contribution in [0.4, 0.5) is 0 Å². The molecular weight excluding hydrogens is 554 g/mol. The molecule has 2 unspecified atom stereocenters. The van der Waals surface area contributed by atoms with E-state index in [9.17, 15) is 18.3 Å². The minimum atomic E-state index is -4.03. The molecule has 2 N–H and O–H groups in total. The van der Waals surface area contributed by atoms with Crippen LogP contribution < -0.4 is 5.32 Å². The highest BCUT2D eigenvalue weighted by molar-refractivity contribution is 9.11. The van der Waals surface area contributed by atoms with Gasteiger partial charge < -0.3 is 10.4 Å². The quantitative estimate of drug-likeness (QED) is 0.590. The van der Waals surface area contributed by atoms with Gasteiger partial charge in [-0.25, -0.2) is 8.42 Å². The Morgan fingerprint density at radius 3 is 2.12 bits per heavy atom. The molecule has 26 heavy (non-hydrogen) atoms. The smallest absolute Gasteiger partial charge is 0.222 e. The zero-order valence-corrected chi connectivity index (χ0v) is 18.8. The number of rotatable bonds is 3. The Morgan fingerprint density at radius 2 is 1.58 bits per heavy atom. The first-order chi connectivity index (χ1) is 12.2. The average Bonchev–Trinajstić information content (AvgIpc) is 2.54. The lowest BCUT2D eigenvalue weighted by Gasteiger charge is -2.41. The molecule has 2 atom stereocenters. The summed E-state index contributed by atoms with van der Waals surface area (Å²) < 4.78 is 27.6. The number of piperidine rings is 1. The number of amides is 1. The minimum absolute atomic E-state index is 0.00303. The fraction of sp³-hybridized carbons (Fsp3) is 0.235. The molecule has 0 radical (unpaired) electrons. The van der Waals surface area contributed by atoms with Gasteiger partial charge in [-0.3, -0.25) is 4.79 Å². The molecule has 0 saturated carbocycles. The van der Waals surface area contributed by atoms with Gasteiger partial charge in [0.15, 0.2) is 16.1 Å². The first kappa shape index (κ1) is 20.0. The van der Waals surface area contributed by atoms with Crippen LogP contribution in [0, 0.1) is 0 Å². The van der Waals surface area contributed by atoms with Crippen LogP contribution in [0.25, 0.3) is 0 Å². The number of hydrogen-bond acceptors (Lipinski definition) is 4. The van der Waals surface area contributed by atoms with Gasteiger partial charge in [0.05, 0.1) is 4.90 Å². The van der Waals surface area contributed by atoms with Crippen LogP contribution in [0.15, 0.2) is 60.8 Å². The van der Waals surface area contributed by atoms with E-state index in [1.807, 2.05) is 0 Å². The lowest BCUT2D eigenvalue weighted by Crippen LogP contribution is -2.58. The molecule has 5 nitrogen and oxygen atoms in total. The summed E-state index contributed by atoms with van der Waals surface area (Å²) in [6.07, 6.45) is -1.60. The number of hydrogen-bond donors (Lipinski definition) is 2. The second kappa shape index (κ2) is 7.35. The van der Waals surface area contributed by atoms with Crippen molar-refractivity contribution in [3.05, 3.63) is 61.4 Å². The van der Waals surface area contributed by atoms with Crippen molar-refractivity contribution in [2.75, 3.05) is 0 Å². The maximum absolute atomic E-state index is 13.6. The van der Waals surface area contributed by atoms with Crippen LogP contribution in [0.1, 0.15) is 18.4 Å². The number of sulfone groups is 1. The number of aliphatic hydroxyl groups is 1. The van der Waals surface area contributed by atoms with Gasteiger partial charge in [0.25, 0.3) is 0 Å². The van der Waals surface area contributed by atoms with Crippen molar-refractivity contribution in [3.63, 3.8) is 0 Å². The van der Waals surface area contributed by atoms with Crippen LogP contribution in [-0.2, 0) is 19.4 Å². The van der Waals surface area contributed by atoms with Gasteiger partial charge in [-0.15, -0.1) is 0 Å². The largest absolute Gasteiger partial charge is 0.372 e. The highest BCUT2D eigenvalue weighted by Gasteiger charge is 2.54. The molecule has 1 amide bonds. The highest BCUT2D eigenvalue weighted by Crippen LogP contribution is 2.45. The van der Waals surface area contributed by atoms with Crippen molar-refractivity contribution in [1.29, 1.82) is 0 Å². The molecule has 2 aromatic carbocycles. The van der Waals surface area contributed by atoms with Crippen LogP contribution >= 0.6 is 47.8 Å². The van der Waals surface area contributed by atoms with Gasteiger partial charge in [0.2, 0.25) is 5.91 Å². The van der Waals surface area contributed by atoms with E-state index < -0.39 is 20.8 Å². The Balaban J connectivity index is 2.27. The highest BCUT2D eigenvalue weighted by atomic mass is 79.9. The van der Waals surface area contributed by atoms with Gasteiger partial charge in [0.1, 0.15) is 4.75 Å². The van der Waals surface area contributed by atoms with Crippen LogP contribution in [0.5, 0.6) is 0 Å². The van der Waals surface area contributed by atoms with E-state index >= 15 is 0 Å². The molecule has 0 spiro atoms. The normalized spacial score (nSPS) is 23.5. The number of halogens is 3. The molecule has 1 heterocycles. The van der Waals surface area contributed by atoms with Crippen molar-refractivity contribution in [2.45, 2.75) is 28.7 Å². The number of aliphatic hydroxyl groups excluding tert-OH is 1. The van der Waals surface area contributed by atoms with Gasteiger partial charge in [-0.1, -0.05) is 47.8 Å². The fourth-order valence-electron chi connectivity index (χ4n) is 3.14. The molecule has 1 aliphatic heterocycles. The molecule has 2 aromatic rings. The maximum atomic E-state index is 13.6. The average molecular weight is 568 g/mol. The summed E-state index contributed by atoms with van der Waals surface area (Å²) >= 11 is 10.0. The van der Waals surface area contributed by atoms with E-state index in [0.29, 0.717) is 14.5 Å². The minimum Gasteiger partial charge on any atom is -0.372 e. The predicted molar refractivity (Wildman–Crippen MR) is 108 cm³/mol. The Morgan fingerprint density at radius 1 is 1.00 bits per heavy atom. The van der Waals surface area contributed by atoms with Gasteiger partial charge >= 0.3 is 0 Å². The number of nitrogens with one attached hydrogen (secondary N) is 1. The molecule has 1 saturated heterocycles. The summed E-state index contributed by atoms with van der Waals surface area (Å²) in [5.74, 6) is -0.381. The summed E-state index contributed by atoms with van der Waals surface area (Å²) in [6, 6.07) is 11.3. The molecule has 0 aromatic heterocycles. The zero-order valence-electron chi connectivity index (χ0n) is 13.2. The number of carbonyl (C=O) groups is 1. The second-order valence-electron chi connectivity index (χ2n) is 5.98. The molecule has 138 valence electrons. The third-order valence-electron chi connectivity index (χ3n) is 4.42. The Labute approximate surface area is 176 Å². The SMILES string of the molecule is O=C1CCC(c2cc(Br)cc(Br)c2)(S(=O)(=O)c2ccc(Br)cc2)C(O)N1. The first-order valence-electron chi connectivity index (χ1n) is 7.61. The molecule has 1 fully saturated rings. The number of benzene rings is 2. The molecule has 0 aliphatic carbocycles. The van der Waals surface area contributed by atoms with Crippen LogP contribution in [0.2, 0.25) is 0 Å². The van der Waals surface area contributed by atoms with E-state index in [0.717, 1.165) is 4.47 Å². The van der Waals surface area contributed by atoms with E-state index in [1.165, 1.54) is 12.1 Å². The van der Waals surface area contributed by atoms with E-state index in [4.69, 9.17) is 0 Å². The van der Waals surface area contributed by atoms with Gasteiger partial charge in [-0.05, 0) is 54.4 Å². The molecule has 0 bridgehead atoms. The van der Waals surface area contributed by atoms with Gasteiger partial charge in [0, 0.05) is 19.8 Å². The van der Waals surface area contributed by atoms with E-state index in [1.54, 1.807) is 30.3 Å². The lowest BCUT2D eigenvalue weighted by atomic mass is 9.88. The predicted octanol–water partition coefficient (Wildman–Crippen LogP) is 3.87. The lowest BCUT2D eigenvalue weighted by molar-refractivity contribution is -0.128. The Bertz CT molecular complexity index is 942.